The number of hydrogen-bond donors (Lipinski definition) is 1. The number of carbonyl (C=O) groups is 1. The van der Waals surface area contributed by atoms with Gasteiger partial charge in [0.15, 0.2) is 0 Å². The van der Waals surface area contributed by atoms with E-state index in [2.05, 4.69) is 4.90 Å². The fraction of sp³-hybridized carbons (Fsp3) is 0.923. The van der Waals surface area contributed by atoms with Crippen LogP contribution in [0.4, 0.5) is 0 Å². The van der Waals surface area contributed by atoms with Crippen LogP contribution in [0.5, 0.6) is 0 Å². The summed E-state index contributed by atoms with van der Waals surface area (Å²) in [6, 6.07) is 0. The lowest BCUT2D eigenvalue weighted by molar-refractivity contribution is -0.130. The highest BCUT2D eigenvalue weighted by Crippen LogP contribution is 1.96. The van der Waals surface area contributed by atoms with Crippen molar-refractivity contribution in [3.05, 3.63) is 0 Å². The topological polar surface area (TPSA) is 58.8 Å². The predicted octanol–water partition coefficient (Wildman–Crippen LogP) is 0.541. The molecule has 0 bridgehead atoms. The number of amides is 1. The summed E-state index contributed by atoms with van der Waals surface area (Å²) in [7, 11) is 3.84. The lowest BCUT2D eigenvalue weighted by Gasteiger charge is -2.20. The van der Waals surface area contributed by atoms with Gasteiger partial charge in [0.2, 0.25) is 5.91 Å². The molecule has 108 valence electrons. The van der Waals surface area contributed by atoms with Gasteiger partial charge in [0.1, 0.15) is 0 Å². The third-order valence-electron chi connectivity index (χ3n) is 2.75. The molecule has 0 saturated carbocycles. The molecule has 0 radical (unpaired) electrons. The second kappa shape index (κ2) is 10.3. The first kappa shape index (κ1) is 17.4. The average Bonchev–Trinajstić information content (AvgIpc) is 2.32. The predicted molar refractivity (Wildman–Crippen MR) is 74.5 cm³/mol. The summed E-state index contributed by atoms with van der Waals surface area (Å²) in [6.07, 6.45) is 1.68. The number of ether oxygens (including phenoxy) is 1. The van der Waals surface area contributed by atoms with Gasteiger partial charge in [0.05, 0.1) is 12.7 Å². The van der Waals surface area contributed by atoms with Gasteiger partial charge in [-0.2, -0.15) is 0 Å². The Morgan fingerprint density at radius 3 is 2.44 bits per heavy atom. The van der Waals surface area contributed by atoms with Crippen LogP contribution in [-0.2, 0) is 9.53 Å². The van der Waals surface area contributed by atoms with Crippen LogP contribution in [-0.4, -0.2) is 68.7 Å². The molecule has 0 aliphatic heterocycles. The van der Waals surface area contributed by atoms with E-state index in [4.69, 9.17) is 10.5 Å². The Morgan fingerprint density at radius 1 is 1.22 bits per heavy atom. The van der Waals surface area contributed by atoms with Crippen molar-refractivity contribution in [2.45, 2.75) is 32.8 Å². The van der Waals surface area contributed by atoms with Gasteiger partial charge in [-0.15, -0.1) is 0 Å². The van der Waals surface area contributed by atoms with E-state index in [0.29, 0.717) is 19.6 Å². The molecular weight excluding hydrogens is 230 g/mol. The van der Waals surface area contributed by atoms with Gasteiger partial charge >= 0.3 is 0 Å². The van der Waals surface area contributed by atoms with Crippen LogP contribution in [0.15, 0.2) is 0 Å². The van der Waals surface area contributed by atoms with Crippen LogP contribution in [0.2, 0.25) is 0 Å². The third-order valence-corrected chi connectivity index (χ3v) is 2.75. The molecule has 5 nitrogen and oxygen atoms in total. The first-order chi connectivity index (χ1) is 8.47. The van der Waals surface area contributed by atoms with Crippen molar-refractivity contribution in [3.63, 3.8) is 0 Å². The Bertz CT molecular complexity index is 222. The van der Waals surface area contributed by atoms with Gasteiger partial charge < -0.3 is 20.3 Å². The minimum Gasteiger partial charge on any atom is -0.377 e. The summed E-state index contributed by atoms with van der Waals surface area (Å²) in [5, 5.41) is 0. The third kappa shape index (κ3) is 9.39. The summed E-state index contributed by atoms with van der Waals surface area (Å²) >= 11 is 0. The zero-order valence-corrected chi connectivity index (χ0v) is 12.3. The highest BCUT2D eigenvalue weighted by atomic mass is 16.5. The second-order valence-corrected chi connectivity index (χ2v) is 4.93. The molecule has 0 spiro atoms. The Labute approximate surface area is 111 Å². The molecule has 5 heteroatoms. The first-order valence-electron chi connectivity index (χ1n) is 6.71. The molecule has 0 aromatic heterocycles. The van der Waals surface area contributed by atoms with E-state index < -0.39 is 0 Å². The molecule has 0 aromatic rings. The van der Waals surface area contributed by atoms with E-state index in [-0.39, 0.29) is 12.0 Å². The summed E-state index contributed by atoms with van der Waals surface area (Å²) < 4.78 is 5.47. The fourth-order valence-corrected chi connectivity index (χ4v) is 1.49. The Balaban J connectivity index is 3.64. The molecule has 0 fully saturated rings. The van der Waals surface area contributed by atoms with Crippen LogP contribution in [0.1, 0.15) is 26.7 Å². The Kier molecular flexibility index (Phi) is 9.92. The van der Waals surface area contributed by atoms with Crippen molar-refractivity contribution in [3.8, 4) is 0 Å². The van der Waals surface area contributed by atoms with Gasteiger partial charge in [-0.3, -0.25) is 4.79 Å². The molecule has 0 rings (SSSR count). The minimum absolute atomic E-state index is 0.181. The van der Waals surface area contributed by atoms with Crippen molar-refractivity contribution >= 4 is 5.91 Å². The van der Waals surface area contributed by atoms with Crippen LogP contribution in [0.3, 0.4) is 0 Å². The summed E-state index contributed by atoms with van der Waals surface area (Å²) in [5.41, 5.74) is 5.42. The van der Waals surface area contributed by atoms with E-state index in [9.17, 15) is 4.79 Å². The number of rotatable bonds is 10. The Morgan fingerprint density at radius 2 is 1.89 bits per heavy atom. The zero-order chi connectivity index (χ0) is 14.0. The molecule has 0 aromatic carbocycles. The monoisotopic (exact) mass is 259 g/mol. The quantitative estimate of drug-likeness (QED) is 0.622. The number of nitrogens with two attached hydrogens (primary N) is 1. The maximum absolute atomic E-state index is 11.8. The fourth-order valence-electron chi connectivity index (χ4n) is 1.49. The first-order valence-corrected chi connectivity index (χ1v) is 6.71. The number of carbonyl (C=O) groups excluding carboxylic acids is 1. The van der Waals surface area contributed by atoms with Crippen LogP contribution < -0.4 is 5.73 Å². The number of nitrogens with zero attached hydrogens (tertiary/aromatic N) is 2. The van der Waals surface area contributed by atoms with E-state index in [1.54, 1.807) is 4.90 Å². The van der Waals surface area contributed by atoms with Crippen molar-refractivity contribution in [2.75, 3.05) is 46.9 Å². The van der Waals surface area contributed by atoms with Gasteiger partial charge in [0.25, 0.3) is 0 Å². The SMILES string of the molecule is CC(C)OCCN(C)CCC(=O)N(C)CCCN. The highest BCUT2D eigenvalue weighted by molar-refractivity contribution is 5.76. The molecule has 0 unspecified atom stereocenters. The minimum atomic E-state index is 0.181. The molecule has 1 amide bonds. The van der Waals surface area contributed by atoms with Gasteiger partial charge in [-0.1, -0.05) is 0 Å². The number of hydrogen-bond acceptors (Lipinski definition) is 4. The molecule has 0 heterocycles. The van der Waals surface area contributed by atoms with E-state index in [1.165, 1.54) is 0 Å². The lowest BCUT2D eigenvalue weighted by Crippen LogP contribution is -2.33. The van der Waals surface area contributed by atoms with Crippen molar-refractivity contribution in [2.24, 2.45) is 5.73 Å². The average molecular weight is 259 g/mol. The van der Waals surface area contributed by atoms with E-state index in [1.807, 2.05) is 27.9 Å². The summed E-state index contributed by atoms with van der Waals surface area (Å²) in [6.45, 7) is 7.77. The standard InChI is InChI=1S/C13H29N3O2/c1-12(2)18-11-10-15(3)9-6-13(17)16(4)8-5-7-14/h12H,5-11,14H2,1-4H3. The lowest BCUT2D eigenvalue weighted by atomic mass is 10.3. The zero-order valence-electron chi connectivity index (χ0n) is 12.3. The van der Waals surface area contributed by atoms with Crippen LogP contribution in [0.25, 0.3) is 0 Å². The highest BCUT2D eigenvalue weighted by Gasteiger charge is 2.09. The van der Waals surface area contributed by atoms with Crippen molar-refractivity contribution in [1.29, 1.82) is 0 Å². The van der Waals surface area contributed by atoms with Gasteiger partial charge in [0, 0.05) is 33.1 Å². The summed E-state index contributed by atoms with van der Waals surface area (Å²) in [4.78, 5) is 15.6. The molecule has 0 saturated heterocycles. The van der Waals surface area contributed by atoms with Crippen LogP contribution >= 0.6 is 0 Å². The molecule has 0 atom stereocenters. The van der Waals surface area contributed by atoms with Gasteiger partial charge in [-0.25, -0.2) is 0 Å². The van der Waals surface area contributed by atoms with Gasteiger partial charge in [-0.05, 0) is 33.9 Å². The van der Waals surface area contributed by atoms with Crippen molar-refractivity contribution < 1.29 is 9.53 Å². The molecular formula is C13H29N3O2. The number of likely N-dealkylation sites (N-methyl/N-ethyl adjacent to an activating group) is 1. The normalized spacial score (nSPS) is 11.3. The molecule has 2 N–H and O–H groups in total. The maximum atomic E-state index is 11.8. The summed E-state index contributed by atoms with van der Waals surface area (Å²) in [5.74, 6) is 0.181. The Hall–Kier alpha value is -0.650. The van der Waals surface area contributed by atoms with Crippen molar-refractivity contribution in [1.82, 2.24) is 9.80 Å². The molecule has 18 heavy (non-hydrogen) atoms. The maximum Gasteiger partial charge on any atom is 0.223 e. The molecule has 0 aliphatic carbocycles. The second-order valence-electron chi connectivity index (χ2n) is 4.93. The largest absolute Gasteiger partial charge is 0.377 e. The molecule has 0 aliphatic rings. The smallest absolute Gasteiger partial charge is 0.223 e. The van der Waals surface area contributed by atoms with Crippen LogP contribution in [0, 0.1) is 0 Å². The van der Waals surface area contributed by atoms with E-state index >= 15 is 0 Å². The van der Waals surface area contributed by atoms with E-state index in [0.717, 1.165) is 26.1 Å².